The van der Waals surface area contributed by atoms with Gasteiger partial charge in [0.05, 0.1) is 27.7 Å². The van der Waals surface area contributed by atoms with Gasteiger partial charge in [-0.1, -0.05) is 18.2 Å². The molecule has 0 saturated carbocycles. The number of thiazole rings is 1. The summed E-state index contributed by atoms with van der Waals surface area (Å²) in [4.78, 5) is 9.48. The summed E-state index contributed by atoms with van der Waals surface area (Å²) in [6, 6.07) is 13.3. The van der Waals surface area contributed by atoms with Gasteiger partial charge in [0.2, 0.25) is 0 Å². The van der Waals surface area contributed by atoms with E-state index in [1.165, 1.54) is 20.2 Å². The van der Waals surface area contributed by atoms with Gasteiger partial charge in [-0.15, -0.1) is 22.7 Å². The Hall–Kier alpha value is -1.45. The number of aliphatic hydroxyl groups excluding tert-OH is 1. The van der Waals surface area contributed by atoms with Gasteiger partial charge in [0.1, 0.15) is 5.01 Å². The molecule has 0 spiro atoms. The zero-order chi connectivity index (χ0) is 20.2. The molecule has 29 heavy (non-hydrogen) atoms. The van der Waals surface area contributed by atoms with Crippen LogP contribution in [0.1, 0.15) is 18.7 Å². The first-order chi connectivity index (χ1) is 14.2. The maximum atomic E-state index is 8.96. The van der Waals surface area contributed by atoms with E-state index in [9.17, 15) is 0 Å². The number of hydrogen-bond acceptors (Lipinski definition) is 7. The maximum Gasteiger partial charge on any atom is 0.139 e. The minimum atomic E-state index is 0.219. The lowest BCUT2D eigenvalue weighted by molar-refractivity contribution is 0.322. The molecule has 0 unspecified atom stereocenters. The predicted octanol–water partition coefficient (Wildman–Crippen LogP) is 6.50. The molecular weight excluding hydrogens is 439 g/mol. The van der Waals surface area contributed by atoms with E-state index in [1.807, 2.05) is 6.20 Å². The van der Waals surface area contributed by atoms with Gasteiger partial charge in [-0.25, -0.2) is 4.98 Å². The average molecular weight is 462 g/mol. The van der Waals surface area contributed by atoms with Crippen molar-refractivity contribution in [2.75, 3.05) is 16.7 Å². The Bertz CT molecular complexity index is 1060. The van der Waals surface area contributed by atoms with Crippen LogP contribution in [0.5, 0.6) is 0 Å². The molecule has 3 heterocycles. The molecule has 0 aliphatic carbocycles. The molecule has 8 heteroatoms. The lowest BCUT2D eigenvalue weighted by atomic mass is 10.2. The Labute approximate surface area is 187 Å². The number of anilines is 1. The van der Waals surface area contributed by atoms with Crippen LogP contribution in [0.4, 0.5) is 5.69 Å². The highest BCUT2D eigenvalue weighted by molar-refractivity contribution is 8.02. The minimum Gasteiger partial charge on any atom is -0.396 e. The van der Waals surface area contributed by atoms with Crippen molar-refractivity contribution in [2.45, 2.75) is 29.9 Å². The number of hydrogen-bond donors (Lipinski definition) is 2. The maximum absolute atomic E-state index is 8.96. The quantitative estimate of drug-likeness (QED) is 0.220. The summed E-state index contributed by atoms with van der Waals surface area (Å²) in [6.45, 7) is 4.66. The summed E-state index contributed by atoms with van der Waals surface area (Å²) in [5.74, 6) is 1.65. The average Bonchev–Trinajstić information content (AvgIpc) is 3.45. The fraction of sp³-hybridized carbons (Fsp3) is 0.286. The molecule has 0 aliphatic rings. The number of thiophene rings is 1. The van der Waals surface area contributed by atoms with Crippen LogP contribution >= 0.6 is 46.4 Å². The van der Waals surface area contributed by atoms with Crippen LogP contribution in [0.3, 0.4) is 0 Å². The van der Waals surface area contributed by atoms with Gasteiger partial charge in [0.15, 0.2) is 0 Å². The second-order valence-corrected chi connectivity index (χ2v) is 11.2. The summed E-state index contributed by atoms with van der Waals surface area (Å²) in [5, 5.41) is 13.3. The van der Waals surface area contributed by atoms with Gasteiger partial charge in [-0.3, -0.25) is 0 Å². The normalized spacial score (nSPS) is 11.6. The molecule has 0 bridgehead atoms. The van der Waals surface area contributed by atoms with E-state index in [4.69, 9.17) is 5.11 Å². The van der Waals surface area contributed by atoms with Gasteiger partial charge >= 0.3 is 0 Å². The van der Waals surface area contributed by atoms with Crippen molar-refractivity contribution in [2.24, 2.45) is 0 Å². The molecule has 0 aliphatic heterocycles. The molecule has 3 aromatic heterocycles. The third kappa shape index (κ3) is 4.83. The largest absolute Gasteiger partial charge is 0.396 e. The topological polar surface area (TPSA) is 52.1 Å². The molecule has 0 fully saturated rings. The molecule has 0 radical (unpaired) electrons. The van der Waals surface area contributed by atoms with Crippen LogP contribution in [0.15, 0.2) is 52.2 Å². The predicted molar refractivity (Wildman–Crippen MR) is 130 cm³/mol. The van der Waals surface area contributed by atoms with Gasteiger partial charge in [0, 0.05) is 34.0 Å². The van der Waals surface area contributed by atoms with Crippen LogP contribution in [0.2, 0.25) is 0 Å². The number of nitrogens with zero attached hydrogens (tertiary/aromatic N) is 2. The number of aromatic nitrogens is 2. The van der Waals surface area contributed by atoms with Crippen LogP contribution in [0.25, 0.3) is 21.6 Å². The van der Waals surface area contributed by atoms with Gasteiger partial charge < -0.3 is 14.4 Å². The third-order valence-electron chi connectivity index (χ3n) is 4.29. The fourth-order valence-corrected chi connectivity index (χ4v) is 6.56. The number of aromatic amines is 1. The monoisotopic (exact) mass is 461 g/mol. The first-order valence-electron chi connectivity index (χ1n) is 9.42. The molecule has 0 atom stereocenters. The summed E-state index contributed by atoms with van der Waals surface area (Å²) in [7, 11) is 0. The zero-order valence-electron chi connectivity index (χ0n) is 16.3. The summed E-state index contributed by atoms with van der Waals surface area (Å²) < 4.78 is 3.65. The first kappa shape index (κ1) is 20.8. The lowest BCUT2D eigenvalue weighted by Crippen LogP contribution is -2.23. The number of fused-ring (bicyclic) bond motifs is 1. The Morgan fingerprint density at radius 1 is 1.24 bits per heavy atom. The number of benzene rings is 1. The Balaban J connectivity index is 1.64. The van der Waals surface area contributed by atoms with E-state index in [0.717, 1.165) is 27.7 Å². The summed E-state index contributed by atoms with van der Waals surface area (Å²) in [5.41, 5.74) is 3.39. The lowest BCUT2D eigenvalue weighted by Gasteiger charge is -2.27. The van der Waals surface area contributed by atoms with Crippen molar-refractivity contribution in [1.82, 2.24) is 9.97 Å². The third-order valence-corrected chi connectivity index (χ3v) is 8.79. The second-order valence-electron chi connectivity index (χ2n) is 6.78. The van der Waals surface area contributed by atoms with Crippen molar-refractivity contribution in [3.05, 3.63) is 52.9 Å². The van der Waals surface area contributed by atoms with E-state index in [-0.39, 0.29) is 6.61 Å². The molecule has 4 nitrogen and oxygen atoms in total. The molecule has 4 aromatic rings. The second kappa shape index (κ2) is 9.57. The van der Waals surface area contributed by atoms with E-state index < -0.39 is 0 Å². The number of H-pyrrole nitrogens is 1. The highest BCUT2D eigenvalue weighted by atomic mass is 32.2. The Morgan fingerprint density at radius 3 is 2.90 bits per heavy atom. The van der Waals surface area contributed by atoms with E-state index >= 15 is 0 Å². The number of thioether (sulfide) groups is 1. The number of para-hydroxylation sites is 1. The van der Waals surface area contributed by atoms with E-state index in [2.05, 4.69) is 69.9 Å². The van der Waals surface area contributed by atoms with Crippen LogP contribution in [-0.2, 0) is 5.75 Å². The highest BCUT2D eigenvalue weighted by Gasteiger charge is 2.18. The van der Waals surface area contributed by atoms with E-state index in [1.54, 1.807) is 46.4 Å². The van der Waals surface area contributed by atoms with Crippen molar-refractivity contribution < 1.29 is 5.11 Å². The molecule has 0 amide bonds. The van der Waals surface area contributed by atoms with Gasteiger partial charge in [-0.2, -0.15) is 11.8 Å². The fourth-order valence-electron chi connectivity index (χ4n) is 3.02. The minimum absolute atomic E-state index is 0.219. The van der Waals surface area contributed by atoms with Crippen molar-refractivity contribution >= 4 is 63.0 Å². The Kier molecular flexibility index (Phi) is 6.87. The summed E-state index contributed by atoms with van der Waals surface area (Å²) in [6.07, 6.45) is 1.95. The highest BCUT2D eigenvalue weighted by Crippen LogP contribution is 2.39. The van der Waals surface area contributed by atoms with Crippen LogP contribution in [0, 0.1) is 0 Å². The van der Waals surface area contributed by atoms with Gasteiger partial charge in [-0.05, 0) is 49.4 Å². The molecule has 1 aromatic carbocycles. The van der Waals surface area contributed by atoms with Crippen molar-refractivity contribution in [3.63, 3.8) is 0 Å². The van der Waals surface area contributed by atoms with Crippen LogP contribution < -0.4 is 4.31 Å². The van der Waals surface area contributed by atoms with Gasteiger partial charge in [0.25, 0.3) is 0 Å². The molecule has 2 N–H and O–H groups in total. The molecule has 152 valence electrons. The number of nitrogens with one attached hydrogen (secondary N) is 1. The first-order valence-corrected chi connectivity index (χ1v) is 13.0. The van der Waals surface area contributed by atoms with Crippen LogP contribution in [-0.4, -0.2) is 33.5 Å². The van der Waals surface area contributed by atoms with Crippen molar-refractivity contribution in [1.29, 1.82) is 0 Å². The summed E-state index contributed by atoms with van der Waals surface area (Å²) >= 11 is 7.00. The molecule has 0 saturated heterocycles. The van der Waals surface area contributed by atoms with E-state index in [0.29, 0.717) is 6.04 Å². The number of aliphatic hydroxyl groups is 1. The standard InChI is InChI=1S/C21H23N3OS4/c1-14(2)24(29-19-7-4-9-27-19)18-6-3-5-15-11-17(23-20(15)18)21-22-12-16(28-21)13-26-10-8-25/h3-7,9,11-12,14,23,25H,8,10,13H2,1-2H3. The zero-order valence-corrected chi connectivity index (χ0v) is 19.6. The smallest absolute Gasteiger partial charge is 0.139 e. The Morgan fingerprint density at radius 2 is 2.14 bits per heavy atom. The number of rotatable bonds is 9. The molecule has 4 rings (SSSR count). The van der Waals surface area contributed by atoms with Crippen molar-refractivity contribution in [3.8, 4) is 10.7 Å². The molecular formula is C21H23N3OS4. The SMILES string of the molecule is CC(C)N(Sc1cccs1)c1cccc2cc(-c3ncc(CSCCO)s3)[nH]c12.